The van der Waals surface area contributed by atoms with Gasteiger partial charge in [0.15, 0.2) is 6.10 Å². The molecule has 0 saturated carbocycles. The van der Waals surface area contributed by atoms with Crippen molar-refractivity contribution in [2.75, 3.05) is 11.9 Å². The average molecular weight is 402 g/mol. The lowest BCUT2D eigenvalue weighted by Crippen LogP contribution is -2.32. The van der Waals surface area contributed by atoms with Gasteiger partial charge >= 0.3 is 5.97 Å². The normalized spacial score (nSPS) is 16.8. The number of hydrogen-bond acceptors (Lipinski definition) is 5. The van der Waals surface area contributed by atoms with Gasteiger partial charge in [0.05, 0.1) is 12.2 Å². The number of rotatable bonds is 7. The second-order valence-electron chi connectivity index (χ2n) is 7.09. The molecule has 3 rings (SSSR count). The van der Waals surface area contributed by atoms with Gasteiger partial charge in [0, 0.05) is 4.88 Å². The molecule has 28 heavy (non-hydrogen) atoms. The van der Waals surface area contributed by atoms with Gasteiger partial charge in [-0.25, -0.2) is 4.79 Å². The number of carbonyl (C=O) groups excluding carboxylic acids is 2. The molecule has 2 unspecified atom stereocenters. The fourth-order valence-corrected chi connectivity index (χ4v) is 4.84. The molecule has 0 saturated heterocycles. The Morgan fingerprint density at radius 2 is 2.00 bits per heavy atom. The van der Waals surface area contributed by atoms with Crippen molar-refractivity contribution >= 4 is 28.2 Å². The molecule has 5 nitrogen and oxygen atoms in total. The second-order valence-corrected chi connectivity index (χ2v) is 8.20. The molecule has 150 valence electrons. The molecule has 1 amide bonds. The molecule has 2 aromatic rings. The van der Waals surface area contributed by atoms with Gasteiger partial charge in [-0.3, -0.25) is 4.79 Å². The predicted octanol–water partition coefficient (Wildman–Crippen LogP) is 4.85. The van der Waals surface area contributed by atoms with Crippen LogP contribution in [0.25, 0.3) is 0 Å². The molecule has 0 spiro atoms. The molecule has 1 aromatic heterocycles. The molecule has 0 fully saturated rings. The lowest BCUT2D eigenvalue weighted by Gasteiger charge is -2.18. The molecule has 0 bridgehead atoms. The third-order valence-corrected chi connectivity index (χ3v) is 6.08. The first-order chi connectivity index (χ1) is 13.5. The van der Waals surface area contributed by atoms with E-state index in [0.29, 0.717) is 35.3 Å². The summed E-state index contributed by atoms with van der Waals surface area (Å²) < 4.78 is 11.1. The molecule has 1 heterocycles. The molecular formula is C22H27NO4S. The summed E-state index contributed by atoms with van der Waals surface area (Å²) in [6.45, 7) is 6.21. The highest BCUT2D eigenvalue weighted by atomic mass is 32.1. The zero-order valence-electron chi connectivity index (χ0n) is 16.6. The number of benzene rings is 1. The lowest BCUT2D eigenvalue weighted by atomic mass is 9.88. The van der Waals surface area contributed by atoms with Gasteiger partial charge in [-0.2, -0.15) is 0 Å². The third-order valence-electron chi connectivity index (χ3n) is 4.91. The fraction of sp³-hybridized carbons (Fsp3) is 0.455. The van der Waals surface area contributed by atoms with E-state index in [1.54, 1.807) is 6.92 Å². The number of amides is 1. The monoisotopic (exact) mass is 401 g/mol. The maximum atomic E-state index is 12.9. The molecule has 6 heteroatoms. The quantitative estimate of drug-likeness (QED) is 0.674. The number of hydrogen-bond donors (Lipinski definition) is 1. The Hall–Kier alpha value is -2.34. The van der Waals surface area contributed by atoms with Crippen LogP contribution in [0.4, 0.5) is 5.00 Å². The highest BCUT2D eigenvalue weighted by Crippen LogP contribution is 2.40. The lowest BCUT2D eigenvalue weighted by molar-refractivity contribution is -0.122. The van der Waals surface area contributed by atoms with Gasteiger partial charge in [-0.05, 0) is 56.2 Å². The summed E-state index contributed by atoms with van der Waals surface area (Å²) in [5.41, 5.74) is 1.56. The van der Waals surface area contributed by atoms with E-state index in [4.69, 9.17) is 9.47 Å². The van der Waals surface area contributed by atoms with Crippen LogP contribution >= 0.6 is 11.3 Å². The number of ether oxygens (including phenoxy) is 2. The van der Waals surface area contributed by atoms with Crippen molar-refractivity contribution in [2.45, 2.75) is 52.6 Å². The topological polar surface area (TPSA) is 64.6 Å². The Kier molecular flexibility index (Phi) is 6.73. The standard InChI is InChI=1S/C22H27NO4S/c1-4-17(27-15-9-7-6-8-10-15)20(24)23-21-19(22(25)26-5-2)16-12-11-14(3)13-18(16)28-21/h6-10,14,17H,4-5,11-13H2,1-3H3,(H,23,24). The largest absolute Gasteiger partial charge is 0.481 e. The van der Waals surface area contributed by atoms with E-state index in [-0.39, 0.29) is 11.9 Å². The second kappa shape index (κ2) is 9.24. The van der Waals surface area contributed by atoms with Crippen LogP contribution in [0.5, 0.6) is 5.75 Å². The van der Waals surface area contributed by atoms with Crippen molar-refractivity contribution in [3.8, 4) is 5.75 Å². The maximum Gasteiger partial charge on any atom is 0.341 e. The fourth-order valence-electron chi connectivity index (χ4n) is 3.44. The van der Waals surface area contributed by atoms with Gasteiger partial charge in [0.2, 0.25) is 0 Å². The first-order valence-corrected chi connectivity index (χ1v) is 10.7. The van der Waals surface area contributed by atoms with E-state index in [1.807, 2.05) is 37.3 Å². The van der Waals surface area contributed by atoms with Crippen LogP contribution in [-0.4, -0.2) is 24.6 Å². The van der Waals surface area contributed by atoms with Crippen molar-refractivity contribution in [3.63, 3.8) is 0 Å². The first-order valence-electron chi connectivity index (χ1n) is 9.87. The summed E-state index contributed by atoms with van der Waals surface area (Å²) in [6, 6.07) is 9.29. The van der Waals surface area contributed by atoms with Crippen LogP contribution in [0.3, 0.4) is 0 Å². The number of fused-ring (bicyclic) bond motifs is 1. The molecule has 2 atom stereocenters. The smallest absolute Gasteiger partial charge is 0.341 e. The molecule has 1 aliphatic rings. The Morgan fingerprint density at radius 3 is 2.68 bits per heavy atom. The number of thiophene rings is 1. The Balaban J connectivity index is 1.83. The van der Waals surface area contributed by atoms with Gasteiger partial charge in [-0.15, -0.1) is 11.3 Å². The number of para-hydroxylation sites is 1. The Bertz CT molecular complexity index is 831. The third kappa shape index (κ3) is 4.55. The van der Waals surface area contributed by atoms with E-state index in [2.05, 4.69) is 12.2 Å². The Labute approximate surface area is 170 Å². The summed E-state index contributed by atoms with van der Waals surface area (Å²) >= 11 is 1.49. The Morgan fingerprint density at radius 1 is 1.25 bits per heavy atom. The number of esters is 1. The molecule has 1 aromatic carbocycles. The molecular weight excluding hydrogens is 374 g/mol. The SMILES string of the molecule is CCOC(=O)c1c(NC(=O)C(CC)Oc2ccccc2)sc2c1CCC(C)C2. The van der Waals surface area contributed by atoms with E-state index in [1.165, 1.54) is 16.2 Å². The maximum absolute atomic E-state index is 12.9. The van der Waals surface area contributed by atoms with Gasteiger partial charge in [0.1, 0.15) is 10.8 Å². The van der Waals surface area contributed by atoms with Gasteiger partial charge in [0.25, 0.3) is 5.91 Å². The molecule has 1 aliphatic carbocycles. The molecule has 0 radical (unpaired) electrons. The van der Waals surface area contributed by atoms with E-state index in [9.17, 15) is 9.59 Å². The number of carbonyl (C=O) groups is 2. The summed E-state index contributed by atoms with van der Waals surface area (Å²) in [5.74, 6) is 0.620. The average Bonchev–Trinajstić information content (AvgIpc) is 3.03. The van der Waals surface area contributed by atoms with Crippen molar-refractivity contribution in [2.24, 2.45) is 5.92 Å². The van der Waals surface area contributed by atoms with Crippen LogP contribution in [0, 0.1) is 5.92 Å². The minimum Gasteiger partial charge on any atom is -0.481 e. The number of nitrogens with one attached hydrogen (secondary N) is 1. The van der Waals surface area contributed by atoms with Crippen molar-refractivity contribution in [1.82, 2.24) is 0 Å². The summed E-state index contributed by atoms with van der Waals surface area (Å²) in [7, 11) is 0. The number of anilines is 1. The van der Waals surface area contributed by atoms with E-state index >= 15 is 0 Å². The highest BCUT2D eigenvalue weighted by Gasteiger charge is 2.30. The van der Waals surface area contributed by atoms with E-state index in [0.717, 1.165) is 24.8 Å². The zero-order valence-corrected chi connectivity index (χ0v) is 17.4. The predicted molar refractivity (Wildman–Crippen MR) is 111 cm³/mol. The van der Waals surface area contributed by atoms with Crippen molar-refractivity contribution in [1.29, 1.82) is 0 Å². The molecule has 1 N–H and O–H groups in total. The van der Waals surface area contributed by atoms with Gasteiger partial charge < -0.3 is 14.8 Å². The minimum atomic E-state index is -0.629. The van der Waals surface area contributed by atoms with E-state index < -0.39 is 6.10 Å². The summed E-state index contributed by atoms with van der Waals surface area (Å²) in [5, 5.41) is 3.53. The molecule has 0 aliphatic heterocycles. The highest BCUT2D eigenvalue weighted by molar-refractivity contribution is 7.17. The van der Waals surface area contributed by atoms with Crippen LogP contribution in [0.2, 0.25) is 0 Å². The zero-order chi connectivity index (χ0) is 20.1. The van der Waals surface area contributed by atoms with Crippen molar-refractivity contribution in [3.05, 3.63) is 46.3 Å². The van der Waals surface area contributed by atoms with Crippen molar-refractivity contribution < 1.29 is 19.1 Å². The minimum absolute atomic E-state index is 0.247. The van der Waals surface area contributed by atoms with Crippen LogP contribution in [0.1, 0.15) is 54.4 Å². The van der Waals surface area contributed by atoms with Crippen LogP contribution in [-0.2, 0) is 22.4 Å². The first kappa shape index (κ1) is 20.4. The van der Waals surface area contributed by atoms with Crippen LogP contribution in [0.15, 0.2) is 30.3 Å². The van der Waals surface area contributed by atoms with Gasteiger partial charge in [-0.1, -0.05) is 32.0 Å². The summed E-state index contributed by atoms with van der Waals surface area (Å²) in [4.78, 5) is 26.6. The summed E-state index contributed by atoms with van der Waals surface area (Å²) in [6.07, 6.45) is 2.71. The van der Waals surface area contributed by atoms with Crippen LogP contribution < -0.4 is 10.1 Å².